The molecule has 182 valence electrons. The Morgan fingerprint density at radius 1 is 0.861 bits per heavy atom. The van der Waals surface area contributed by atoms with E-state index in [0.29, 0.717) is 36.8 Å². The molecule has 0 atom stereocenters. The van der Waals surface area contributed by atoms with Crippen LogP contribution in [0.3, 0.4) is 0 Å². The van der Waals surface area contributed by atoms with Crippen molar-refractivity contribution >= 4 is 23.3 Å². The van der Waals surface area contributed by atoms with Crippen LogP contribution < -0.4 is 4.90 Å². The van der Waals surface area contributed by atoms with Crippen molar-refractivity contribution in [3.63, 3.8) is 0 Å². The predicted molar refractivity (Wildman–Crippen MR) is 146 cm³/mol. The summed E-state index contributed by atoms with van der Waals surface area (Å²) in [7, 11) is 0. The highest BCUT2D eigenvalue weighted by Crippen LogP contribution is 2.29. The molecule has 1 amide bonds. The molecule has 0 N–H and O–H groups in total. The minimum atomic E-state index is 0.0148. The second kappa shape index (κ2) is 10.5. The molecule has 0 radical (unpaired) electrons. The van der Waals surface area contributed by atoms with Crippen molar-refractivity contribution in [1.82, 2.24) is 14.9 Å². The van der Waals surface area contributed by atoms with Gasteiger partial charge in [0, 0.05) is 60.0 Å². The van der Waals surface area contributed by atoms with Gasteiger partial charge in [0.25, 0.3) is 5.91 Å². The average molecular weight is 497 g/mol. The fourth-order valence-corrected chi connectivity index (χ4v) is 4.88. The first-order valence-corrected chi connectivity index (χ1v) is 12.6. The van der Waals surface area contributed by atoms with Crippen molar-refractivity contribution in [3.05, 3.63) is 112 Å². The highest BCUT2D eigenvalue weighted by Gasteiger charge is 2.26. The molecule has 1 fully saturated rings. The molecular formula is C30H29ClN4O. The van der Waals surface area contributed by atoms with E-state index in [4.69, 9.17) is 21.6 Å². The van der Waals surface area contributed by atoms with Gasteiger partial charge in [-0.25, -0.2) is 9.97 Å². The van der Waals surface area contributed by atoms with Gasteiger partial charge in [-0.2, -0.15) is 0 Å². The third kappa shape index (κ3) is 5.26. The first kappa shape index (κ1) is 24.0. The number of aromatic nitrogens is 2. The van der Waals surface area contributed by atoms with Gasteiger partial charge >= 0.3 is 0 Å². The number of aryl methyl sites for hydroxylation is 2. The molecule has 3 aromatic carbocycles. The second-order valence-corrected chi connectivity index (χ2v) is 9.69. The van der Waals surface area contributed by atoms with Crippen LogP contribution in [0.2, 0.25) is 5.02 Å². The summed E-state index contributed by atoms with van der Waals surface area (Å²) in [4.78, 5) is 27.3. The third-order valence-corrected chi connectivity index (χ3v) is 6.87. The molecular weight excluding hydrogens is 468 g/mol. The number of rotatable bonds is 5. The second-order valence-electron chi connectivity index (χ2n) is 9.26. The summed E-state index contributed by atoms with van der Waals surface area (Å²) in [5.74, 6) is 1.71. The maximum absolute atomic E-state index is 13.1. The molecule has 1 aliphatic rings. The van der Waals surface area contributed by atoms with Crippen molar-refractivity contribution in [2.45, 2.75) is 20.3 Å². The standard InChI is InChI=1S/C30H29ClN4O/c1-21-8-6-11-24(18-21)28-32-22(2)27(19-23-9-4-3-5-10-23)29(33-28)34-14-16-35(17-15-34)30(36)25-12-7-13-26(31)20-25/h3-13,18,20H,14-17,19H2,1-2H3. The Morgan fingerprint density at radius 3 is 2.33 bits per heavy atom. The minimum absolute atomic E-state index is 0.0148. The largest absolute Gasteiger partial charge is 0.353 e. The molecule has 5 nitrogen and oxygen atoms in total. The van der Waals surface area contributed by atoms with Crippen molar-refractivity contribution in [1.29, 1.82) is 0 Å². The number of carbonyl (C=O) groups is 1. The van der Waals surface area contributed by atoms with Crippen LogP contribution in [0.1, 0.15) is 32.7 Å². The zero-order valence-corrected chi connectivity index (χ0v) is 21.4. The van der Waals surface area contributed by atoms with Gasteiger partial charge in [0.05, 0.1) is 0 Å². The van der Waals surface area contributed by atoms with Gasteiger partial charge < -0.3 is 9.80 Å². The summed E-state index contributed by atoms with van der Waals surface area (Å²) in [5.41, 5.74) is 6.16. The first-order valence-electron chi connectivity index (χ1n) is 12.3. The highest BCUT2D eigenvalue weighted by atomic mass is 35.5. The summed E-state index contributed by atoms with van der Waals surface area (Å²) in [6.07, 6.45) is 0.762. The van der Waals surface area contributed by atoms with Crippen LogP contribution in [0.25, 0.3) is 11.4 Å². The van der Waals surface area contributed by atoms with Gasteiger partial charge in [-0.15, -0.1) is 0 Å². The van der Waals surface area contributed by atoms with Gasteiger partial charge in [-0.3, -0.25) is 4.79 Å². The Bertz CT molecular complexity index is 1380. The van der Waals surface area contributed by atoms with E-state index in [0.717, 1.165) is 34.9 Å². The average Bonchev–Trinajstić information content (AvgIpc) is 2.90. The first-order chi connectivity index (χ1) is 17.5. The van der Waals surface area contributed by atoms with E-state index in [-0.39, 0.29) is 5.91 Å². The number of nitrogens with zero attached hydrogens (tertiary/aromatic N) is 4. The maximum atomic E-state index is 13.1. The smallest absolute Gasteiger partial charge is 0.254 e. The molecule has 0 spiro atoms. The molecule has 0 unspecified atom stereocenters. The zero-order valence-electron chi connectivity index (χ0n) is 20.6. The van der Waals surface area contributed by atoms with E-state index in [1.54, 1.807) is 12.1 Å². The fraction of sp³-hybridized carbons (Fsp3) is 0.233. The van der Waals surface area contributed by atoms with E-state index < -0.39 is 0 Å². The third-order valence-electron chi connectivity index (χ3n) is 6.63. The normalized spacial score (nSPS) is 13.6. The topological polar surface area (TPSA) is 49.3 Å². The van der Waals surface area contributed by atoms with E-state index in [2.05, 4.69) is 61.2 Å². The van der Waals surface area contributed by atoms with Gasteiger partial charge in [0.15, 0.2) is 5.82 Å². The summed E-state index contributed by atoms with van der Waals surface area (Å²) >= 11 is 6.11. The Labute approximate surface area is 217 Å². The molecule has 5 rings (SSSR count). The van der Waals surface area contributed by atoms with E-state index in [1.807, 2.05) is 29.2 Å². The summed E-state index contributed by atoms with van der Waals surface area (Å²) in [5, 5.41) is 0.574. The van der Waals surface area contributed by atoms with Crippen LogP contribution in [0.4, 0.5) is 5.82 Å². The number of carbonyl (C=O) groups excluding carboxylic acids is 1. The Balaban J connectivity index is 1.45. The molecule has 1 aromatic heterocycles. The minimum Gasteiger partial charge on any atom is -0.353 e. The van der Waals surface area contributed by atoms with Gasteiger partial charge in [0.2, 0.25) is 0 Å². The van der Waals surface area contributed by atoms with Gasteiger partial charge in [0.1, 0.15) is 5.82 Å². The van der Waals surface area contributed by atoms with E-state index >= 15 is 0 Å². The zero-order chi connectivity index (χ0) is 25.1. The predicted octanol–water partition coefficient (Wildman–Crippen LogP) is 5.97. The molecule has 0 bridgehead atoms. The SMILES string of the molecule is Cc1cccc(-c2nc(C)c(Cc3ccccc3)c(N3CCN(C(=O)c4cccc(Cl)c4)CC3)n2)c1. The van der Waals surface area contributed by atoms with Crippen LogP contribution in [0, 0.1) is 13.8 Å². The maximum Gasteiger partial charge on any atom is 0.254 e. The number of amides is 1. The molecule has 2 heterocycles. The quantitative estimate of drug-likeness (QED) is 0.341. The molecule has 4 aromatic rings. The summed E-state index contributed by atoms with van der Waals surface area (Å²) < 4.78 is 0. The monoisotopic (exact) mass is 496 g/mol. The van der Waals surface area contributed by atoms with Gasteiger partial charge in [-0.05, 0) is 43.7 Å². The summed E-state index contributed by atoms with van der Waals surface area (Å²) in [6, 6.07) is 25.9. The summed E-state index contributed by atoms with van der Waals surface area (Å²) in [6.45, 7) is 6.81. The van der Waals surface area contributed by atoms with Crippen LogP contribution in [0.15, 0.2) is 78.9 Å². The molecule has 6 heteroatoms. The van der Waals surface area contributed by atoms with Crippen molar-refractivity contribution in [2.75, 3.05) is 31.1 Å². The van der Waals surface area contributed by atoms with E-state index in [9.17, 15) is 4.79 Å². The molecule has 1 saturated heterocycles. The Kier molecular flexibility index (Phi) is 7.01. The van der Waals surface area contributed by atoms with Gasteiger partial charge in [-0.1, -0.05) is 71.8 Å². The Morgan fingerprint density at radius 2 is 1.61 bits per heavy atom. The molecule has 1 aliphatic heterocycles. The van der Waals surface area contributed by atoms with Crippen molar-refractivity contribution in [3.8, 4) is 11.4 Å². The highest BCUT2D eigenvalue weighted by molar-refractivity contribution is 6.30. The lowest BCUT2D eigenvalue weighted by molar-refractivity contribution is 0.0746. The van der Waals surface area contributed by atoms with E-state index in [1.165, 1.54) is 11.1 Å². The number of benzene rings is 3. The fourth-order valence-electron chi connectivity index (χ4n) is 4.69. The Hall–Kier alpha value is -3.70. The number of hydrogen-bond acceptors (Lipinski definition) is 4. The lowest BCUT2D eigenvalue weighted by Crippen LogP contribution is -2.49. The molecule has 0 saturated carbocycles. The van der Waals surface area contributed by atoms with Crippen molar-refractivity contribution < 1.29 is 4.79 Å². The number of anilines is 1. The molecule has 0 aliphatic carbocycles. The number of hydrogen-bond donors (Lipinski definition) is 0. The number of halogens is 1. The van der Waals surface area contributed by atoms with Crippen LogP contribution >= 0.6 is 11.6 Å². The molecule has 36 heavy (non-hydrogen) atoms. The van der Waals surface area contributed by atoms with Crippen LogP contribution in [-0.4, -0.2) is 47.0 Å². The van der Waals surface area contributed by atoms with Crippen LogP contribution in [-0.2, 0) is 6.42 Å². The van der Waals surface area contributed by atoms with Crippen molar-refractivity contribution in [2.24, 2.45) is 0 Å². The number of piperazine rings is 1. The van der Waals surface area contributed by atoms with Crippen LogP contribution in [0.5, 0.6) is 0 Å². The lowest BCUT2D eigenvalue weighted by Gasteiger charge is -2.36. The lowest BCUT2D eigenvalue weighted by atomic mass is 10.0.